The summed E-state index contributed by atoms with van der Waals surface area (Å²) in [6, 6.07) is 12.6. The van der Waals surface area contributed by atoms with Crippen LogP contribution in [0.1, 0.15) is 23.6 Å². The third-order valence-corrected chi connectivity index (χ3v) is 7.39. The van der Waals surface area contributed by atoms with Gasteiger partial charge in [-0.1, -0.05) is 42.3 Å². The standard InChI is InChI=1S/C24H23ClN4O5S2/c1-4-36(31,32)24-28-23(35-29-24)27-22(30)18(14-26)12-17-6-8-21(19(25)13-17)34-10-9-33-20-7-5-15(2)11-16(20)3/h5-8,11-13H,4,9-10H2,1-3H3,(H,27,28,29,30). The molecule has 36 heavy (non-hydrogen) atoms. The zero-order valence-corrected chi connectivity index (χ0v) is 22.1. The molecular formula is C24H23ClN4O5S2. The van der Waals surface area contributed by atoms with Crippen molar-refractivity contribution in [2.45, 2.75) is 25.9 Å². The van der Waals surface area contributed by atoms with Crippen LogP contribution in [-0.2, 0) is 14.6 Å². The quantitative estimate of drug-likeness (QED) is 0.221. The van der Waals surface area contributed by atoms with E-state index < -0.39 is 15.7 Å². The van der Waals surface area contributed by atoms with Crippen molar-refractivity contribution in [2.75, 3.05) is 24.3 Å². The van der Waals surface area contributed by atoms with Gasteiger partial charge in [-0.15, -0.1) is 0 Å². The first-order chi connectivity index (χ1) is 17.1. The van der Waals surface area contributed by atoms with E-state index in [1.54, 1.807) is 18.2 Å². The van der Waals surface area contributed by atoms with Gasteiger partial charge in [0.05, 0.1) is 10.8 Å². The van der Waals surface area contributed by atoms with Crippen molar-refractivity contribution in [2.24, 2.45) is 0 Å². The Morgan fingerprint density at radius 2 is 1.86 bits per heavy atom. The number of sulfone groups is 1. The van der Waals surface area contributed by atoms with E-state index in [9.17, 15) is 18.5 Å². The van der Waals surface area contributed by atoms with Crippen LogP contribution < -0.4 is 14.8 Å². The number of carbonyl (C=O) groups is 1. The number of carbonyl (C=O) groups excluding carboxylic acids is 1. The predicted octanol–water partition coefficient (Wildman–Crippen LogP) is 4.61. The smallest absolute Gasteiger partial charge is 0.268 e. The van der Waals surface area contributed by atoms with E-state index >= 15 is 0 Å². The summed E-state index contributed by atoms with van der Waals surface area (Å²) in [4.78, 5) is 16.3. The summed E-state index contributed by atoms with van der Waals surface area (Å²) in [5.74, 6) is 0.295. The van der Waals surface area contributed by atoms with Gasteiger partial charge in [0.25, 0.3) is 11.1 Å². The minimum atomic E-state index is -3.60. The van der Waals surface area contributed by atoms with E-state index in [0.29, 0.717) is 34.5 Å². The molecule has 2 aromatic carbocycles. The fourth-order valence-corrected chi connectivity index (χ4v) is 4.81. The second kappa shape index (κ2) is 12.0. The largest absolute Gasteiger partial charge is 0.490 e. The summed E-state index contributed by atoms with van der Waals surface area (Å²) in [6.45, 7) is 6.05. The van der Waals surface area contributed by atoms with Crippen molar-refractivity contribution in [1.82, 2.24) is 9.36 Å². The molecule has 0 aliphatic rings. The third-order valence-electron chi connectivity index (χ3n) is 4.85. The summed E-state index contributed by atoms with van der Waals surface area (Å²) in [5.41, 5.74) is 2.47. The molecule has 1 heterocycles. The van der Waals surface area contributed by atoms with Gasteiger partial charge >= 0.3 is 0 Å². The molecule has 1 aromatic heterocycles. The summed E-state index contributed by atoms with van der Waals surface area (Å²) >= 11 is 7.02. The number of nitrogens with one attached hydrogen (secondary N) is 1. The number of hydrogen-bond acceptors (Lipinski definition) is 9. The average molecular weight is 547 g/mol. The van der Waals surface area contributed by atoms with E-state index in [-0.39, 0.29) is 28.2 Å². The number of halogens is 1. The second-order valence-electron chi connectivity index (χ2n) is 7.57. The SMILES string of the molecule is CCS(=O)(=O)c1nsc(NC(=O)C(C#N)=Cc2ccc(OCCOc3ccc(C)cc3C)c(Cl)c2)n1. The maximum atomic E-state index is 12.5. The normalized spacial score (nSPS) is 11.6. The fraction of sp³-hybridized carbons (Fsp3) is 0.250. The van der Waals surface area contributed by atoms with Gasteiger partial charge < -0.3 is 9.47 Å². The van der Waals surface area contributed by atoms with Crippen LogP contribution in [0, 0.1) is 25.2 Å². The molecule has 3 aromatic rings. The Labute approximate surface area is 218 Å². The minimum absolute atomic E-state index is 0.0296. The molecule has 0 radical (unpaired) electrons. The van der Waals surface area contributed by atoms with E-state index in [2.05, 4.69) is 14.7 Å². The van der Waals surface area contributed by atoms with Crippen molar-refractivity contribution < 1.29 is 22.7 Å². The Morgan fingerprint density at radius 1 is 1.17 bits per heavy atom. The van der Waals surface area contributed by atoms with Gasteiger partial charge in [-0.2, -0.15) is 14.6 Å². The first kappa shape index (κ1) is 27.1. The van der Waals surface area contributed by atoms with Crippen molar-refractivity contribution in [3.63, 3.8) is 0 Å². The number of rotatable bonds is 10. The first-order valence-electron chi connectivity index (χ1n) is 10.7. The van der Waals surface area contributed by atoms with Gasteiger partial charge in [0.15, 0.2) is 0 Å². The molecule has 12 heteroatoms. The highest BCUT2D eigenvalue weighted by Gasteiger charge is 2.20. The second-order valence-corrected chi connectivity index (χ2v) is 10.9. The number of nitriles is 1. The summed E-state index contributed by atoms with van der Waals surface area (Å²) in [7, 11) is -3.60. The van der Waals surface area contributed by atoms with Gasteiger partial charge in [0, 0.05) is 11.5 Å². The third kappa shape index (κ3) is 7.04. The van der Waals surface area contributed by atoms with Crippen molar-refractivity contribution >= 4 is 50.1 Å². The predicted molar refractivity (Wildman–Crippen MR) is 138 cm³/mol. The molecule has 0 atom stereocenters. The summed E-state index contributed by atoms with van der Waals surface area (Å²) in [6.07, 6.45) is 1.35. The van der Waals surface area contributed by atoms with Gasteiger partial charge in [-0.25, -0.2) is 8.42 Å². The number of ether oxygens (including phenoxy) is 2. The van der Waals surface area contributed by atoms with E-state index in [0.717, 1.165) is 16.9 Å². The van der Waals surface area contributed by atoms with Crippen LogP contribution in [0.15, 0.2) is 47.1 Å². The highest BCUT2D eigenvalue weighted by atomic mass is 35.5. The molecule has 0 bridgehead atoms. The van der Waals surface area contributed by atoms with Gasteiger partial charge in [-0.05, 0) is 49.2 Å². The lowest BCUT2D eigenvalue weighted by Crippen LogP contribution is -2.13. The number of nitrogens with zero attached hydrogens (tertiary/aromatic N) is 3. The molecule has 9 nitrogen and oxygen atoms in total. The Bertz CT molecular complexity index is 1440. The Balaban J connectivity index is 1.60. The first-order valence-corrected chi connectivity index (χ1v) is 13.6. The lowest BCUT2D eigenvalue weighted by atomic mass is 10.1. The molecule has 1 N–H and O–H groups in total. The van der Waals surface area contributed by atoms with Crippen molar-refractivity contribution in [3.8, 4) is 17.6 Å². The van der Waals surface area contributed by atoms with Crippen LogP contribution in [0.3, 0.4) is 0 Å². The molecule has 0 spiro atoms. The maximum Gasteiger partial charge on any atom is 0.268 e. The van der Waals surface area contributed by atoms with Crippen LogP contribution in [0.25, 0.3) is 6.08 Å². The van der Waals surface area contributed by atoms with Crippen LogP contribution >= 0.6 is 23.1 Å². The zero-order chi connectivity index (χ0) is 26.3. The fourth-order valence-electron chi connectivity index (χ4n) is 2.98. The zero-order valence-electron chi connectivity index (χ0n) is 19.7. The average Bonchev–Trinajstić information content (AvgIpc) is 3.31. The summed E-state index contributed by atoms with van der Waals surface area (Å²) in [5, 5.41) is 11.7. The van der Waals surface area contributed by atoms with Gasteiger partial charge in [-0.3, -0.25) is 10.1 Å². The van der Waals surface area contributed by atoms with Crippen molar-refractivity contribution in [1.29, 1.82) is 5.26 Å². The van der Waals surface area contributed by atoms with E-state index in [1.807, 2.05) is 38.1 Å². The Morgan fingerprint density at radius 3 is 2.50 bits per heavy atom. The molecule has 0 aliphatic heterocycles. The Hall–Kier alpha value is -3.46. The Kier molecular flexibility index (Phi) is 9.03. The highest BCUT2D eigenvalue weighted by Crippen LogP contribution is 2.27. The molecule has 0 saturated carbocycles. The van der Waals surface area contributed by atoms with Crippen LogP contribution in [0.2, 0.25) is 5.02 Å². The molecule has 0 aliphatic carbocycles. The van der Waals surface area contributed by atoms with Gasteiger partial charge in [0.2, 0.25) is 15.0 Å². The lowest BCUT2D eigenvalue weighted by molar-refractivity contribution is -0.112. The molecule has 188 valence electrons. The molecule has 1 amide bonds. The number of aryl methyl sites for hydroxylation is 2. The number of anilines is 1. The molecule has 0 unspecified atom stereocenters. The minimum Gasteiger partial charge on any atom is -0.490 e. The number of benzene rings is 2. The lowest BCUT2D eigenvalue weighted by Gasteiger charge is -2.12. The van der Waals surface area contributed by atoms with Gasteiger partial charge in [0.1, 0.15) is 36.4 Å². The number of hydrogen-bond donors (Lipinski definition) is 1. The molecule has 3 rings (SSSR count). The van der Waals surface area contributed by atoms with E-state index in [1.165, 1.54) is 13.0 Å². The van der Waals surface area contributed by atoms with Crippen LogP contribution in [0.4, 0.5) is 5.13 Å². The molecule has 0 saturated heterocycles. The van der Waals surface area contributed by atoms with Crippen LogP contribution in [0.5, 0.6) is 11.5 Å². The van der Waals surface area contributed by atoms with E-state index in [4.69, 9.17) is 21.1 Å². The topological polar surface area (TPSA) is 131 Å². The molecule has 0 fully saturated rings. The summed E-state index contributed by atoms with van der Waals surface area (Å²) < 4.78 is 38.9. The van der Waals surface area contributed by atoms with Crippen molar-refractivity contribution in [3.05, 3.63) is 63.7 Å². The monoisotopic (exact) mass is 546 g/mol. The highest BCUT2D eigenvalue weighted by molar-refractivity contribution is 7.91. The molecular weight excluding hydrogens is 524 g/mol. The van der Waals surface area contributed by atoms with Crippen LogP contribution in [-0.4, -0.2) is 42.6 Å². The maximum absolute atomic E-state index is 12.5. The number of amides is 1. The number of aromatic nitrogens is 2.